The lowest BCUT2D eigenvalue weighted by Crippen LogP contribution is -2.25. The maximum atomic E-state index is 10.6. The lowest BCUT2D eigenvalue weighted by Gasteiger charge is -2.23. The van der Waals surface area contributed by atoms with Gasteiger partial charge in [0.2, 0.25) is 0 Å². The van der Waals surface area contributed by atoms with Gasteiger partial charge in [-0.05, 0) is 38.0 Å². The van der Waals surface area contributed by atoms with E-state index in [0.717, 1.165) is 12.2 Å². The Morgan fingerprint density at radius 1 is 1.35 bits per heavy atom. The predicted octanol–water partition coefficient (Wildman–Crippen LogP) is 2.10. The molecule has 0 radical (unpaired) electrons. The molecule has 1 aromatic carbocycles. The molecule has 96 valence electrons. The van der Waals surface area contributed by atoms with Gasteiger partial charge >= 0.3 is 0 Å². The lowest BCUT2D eigenvalue weighted by atomic mass is 10.2. The fourth-order valence-electron chi connectivity index (χ4n) is 1.73. The molecule has 0 amide bonds. The largest absolute Gasteiger partial charge is 0.372 e. The van der Waals surface area contributed by atoms with E-state index in [9.17, 15) is 8.42 Å². The predicted molar refractivity (Wildman–Crippen MR) is 70.1 cm³/mol. The molecule has 0 saturated heterocycles. The van der Waals surface area contributed by atoms with Crippen molar-refractivity contribution in [3.63, 3.8) is 0 Å². The molecular weight excluding hydrogens is 238 g/mol. The van der Waals surface area contributed by atoms with Gasteiger partial charge in [-0.2, -0.15) is 8.42 Å². The zero-order valence-electron chi connectivity index (χ0n) is 10.3. The molecule has 0 spiro atoms. The minimum atomic E-state index is -3.85. The van der Waals surface area contributed by atoms with E-state index in [0.29, 0.717) is 13.0 Å². The Hall–Kier alpha value is -1.07. The molecule has 1 N–H and O–H groups in total. The Balaban J connectivity index is 2.60. The first-order chi connectivity index (χ1) is 7.92. The van der Waals surface area contributed by atoms with Gasteiger partial charge in [0, 0.05) is 18.8 Å². The van der Waals surface area contributed by atoms with Crippen LogP contribution in [0.25, 0.3) is 0 Å². The number of nitrogens with zero attached hydrogens (tertiary/aromatic N) is 1. The number of hydrogen-bond acceptors (Lipinski definition) is 3. The number of benzene rings is 1. The third kappa shape index (κ3) is 5.19. The summed E-state index contributed by atoms with van der Waals surface area (Å²) in [6, 6.07) is 8.08. The summed E-state index contributed by atoms with van der Waals surface area (Å²) in [6.07, 6.45) is 0.431. The van der Waals surface area contributed by atoms with E-state index in [-0.39, 0.29) is 5.75 Å². The van der Waals surface area contributed by atoms with Crippen LogP contribution in [-0.2, 0) is 10.1 Å². The highest BCUT2D eigenvalue weighted by molar-refractivity contribution is 7.85. The van der Waals surface area contributed by atoms with Gasteiger partial charge in [0.25, 0.3) is 10.1 Å². The first kappa shape index (κ1) is 14.0. The zero-order valence-corrected chi connectivity index (χ0v) is 11.1. The smallest absolute Gasteiger partial charge is 0.264 e. The van der Waals surface area contributed by atoms with Crippen LogP contribution in [0.15, 0.2) is 24.3 Å². The molecule has 5 heteroatoms. The summed E-state index contributed by atoms with van der Waals surface area (Å²) in [5.41, 5.74) is 2.26. The maximum Gasteiger partial charge on any atom is 0.264 e. The van der Waals surface area contributed by atoms with Crippen LogP contribution in [0, 0.1) is 6.92 Å². The van der Waals surface area contributed by atoms with Gasteiger partial charge in [-0.15, -0.1) is 0 Å². The van der Waals surface area contributed by atoms with Crippen LogP contribution in [-0.4, -0.2) is 31.8 Å². The number of anilines is 1. The first-order valence-electron chi connectivity index (χ1n) is 5.69. The summed E-state index contributed by atoms with van der Waals surface area (Å²) in [4.78, 5) is 2.10. The standard InChI is InChI=1S/C12H19NO3S/c1-3-13(8-5-9-17(14,15)16)12-7-4-6-11(2)10-12/h4,6-7,10H,3,5,8-9H2,1-2H3,(H,14,15,16). The van der Waals surface area contributed by atoms with Crippen molar-refractivity contribution in [2.75, 3.05) is 23.7 Å². The van der Waals surface area contributed by atoms with Crippen LogP contribution in [0.4, 0.5) is 5.69 Å². The molecule has 0 saturated carbocycles. The second-order valence-corrected chi connectivity index (χ2v) is 5.63. The highest BCUT2D eigenvalue weighted by Crippen LogP contribution is 2.15. The number of aryl methyl sites for hydroxylation is 1. The van der Waals surface area contributed by atoms with Crippen LogP contribution >= 0.6 is 0 Å². The lowest BCUT2D eigenvalue weighted by molar-refractivity contribution is 0.481. The van der Waals surface area contributed by atoms with Crippen LogP contribution < -0.4 is 4.90 Å². The second-order valence-electron chi connectivity index (χ2n) is 4.06. The normalized spacial score (nSPS) is 11.5. The van der Waals surface area contributed by atoms with Crippen LogP contribution in [0.5, 0.6) is 0 Å². The Morgan fingerprint density at radius 3 is 2.59 bits per heavy atom. The van der Waals surface area contributed by atoms with Crippen molar-refractivity contribution in [1.82, 2.24) is 0 Å². The van der Waals surface area contributed by atoms with Crippen molar-refractivity contribution in [1.29, 1.82) is 0 Å². The minimum absolute atomic E-state index is 0.185. The average Bonchev–Trinajstić information content (AvgIpc) is 2.23. The summed E-state index contributed by atoms with van der Waals surface area (Å²) in [5, 5.41) is 0. The van der Waals surface area contributed by atoms with Crippen LogP contribution in [0.3, 0.4) is 0 Å². The second kappa shape index (κ2) is 6.02. The van der Waals surface area contributed by atoms with Gasteiger partial charge in [-0.25, -0.2) is 0 Å². The summed E-state index contributed by atoms with van der Waals surface area (Å²) < 4.78 is 29.9. The van der Waals surface area contributed by atoms with E-state index in [1.165, 1.54) is 5.56 Å². The van der Waals surface area contributed by atoms with E-state index in [2.05, 4.69) is 11.0 Å². The molecule has 0 unspecified atom stereocenters. The van der Waals surface area contributed by atoms with E-state index in [1.807, 2.05) is 32.0 Å². The van der Waals surface area contributed by atoms with Gasteiger partial charge in [0.15, 0.2) is 0 Å². The fraction of sp³-hybridized carbons (Fsp3) is 0.500. The van der Waals surface area contributed by atoms with Crippen molar-refractivity contribution >= 4 is 15.8 Å². The molecule has 1 aromatic rings. The molecule has 0 fully saturated rings. The van der Waals surface area contributed by atoms with Crippen LogP contribution in [0.2, 0.25) is 0 Å². The van der Waals surface area contributed by atoms with Gasteiger partial charge in [0.1, 0.15) is 0 Å². The third-order valence-corrected chi connectivity index (χ3v) is 3.38. The molecule has 0 aliphatic rings. The van der Waals surface area contributed by atoms with E-state index < -0.39 is 10.1 Å². The van der Waals surface area contributed by atoms with Crippen molar-refractivity contribution in [2.24, 2.45) is 0 Å². The summed E-state index contributed by atoms with van der Waals surface area (Å²) in [7, 11) is -3.85. The quantitative estimate of drug-likeness (QED) is 0.793. The van der Waals surface area contributed by atoms with E-state index in [4.69, 9.17) is 4.55 Å². The third-order valence-electron chi connectivity index (χ3n) is 2.58. The molecular formula is C12H19NO3S. The van der Waals surface area contributed by atoms with Gasteiger partial charge < -0.3 is 4.90 Å². The first-order valence-corrected chi connectivity index (χ1v) is 7.30. The van der Waals surface area contributed by atoms with Gasteiger partial charge in [-0.1, -0.05) is 12.1 Å². The van der Waals surface area contributed by atoms with Gasteiger partial charge in [0.05, 0.1) is 5.75 Å². The van der Waals surface area contributed by atoms with Crippen molar-refractivity contribution < 1.29 is 13.0 Å². The molecule has 0 bridgehead atoms. The van der Waals surface area contributed by atoms with E-state index in [1.54, 1.807) is 0 Å². The number of hydrogen-bond donors (Lipinski definition) is 1. The molecule has 0 aliphatic carbocycles. The topological polar surface area (TPSA) is 57.6 Å². The van der Waals surface area contributed by atoms with Crippen molar-refractivity contribution in [2.45, 2.75) is 20.3 Å². The molecule has 0 atom stereocenters. The zero-order chi connectivity index (χ0) is 12.9. The molecule has 0 aromatic heterocycles. The summed E-state index contributed by atoms with van der Waals surface area (Å²) >= 11 is 0. The SMILES string of the molecule is CCN(CCCS(=O)(=O)O)c1cccc(C)c1. The minimum Gasteiger partial charge on any atom is -0.372 e. The Bertz CT molecular complexity index is 457. The molecule has 0 aliphatic heterocycles. The summed E-state index contributed by atoms with van der Waals surface area (Å²) in [6.45, 7) is 5.49. The summed E-state index contributed by atoms with van der Waals surface area (Å²) in [5.74, 6) is -0.185. The van der Waals surface area contributed by atoms with Crippen molar-refractivity contribution in [3.8, 4) is 0 Å². The molecule has 1 rings (SSSR count). The monoisotopic (exact) mass is 257 g/mol. The molecule has 17 heavy (non-hydrogen) atoms. The Kier molecular flexibility index (Phi) is 4.96. The highest BCUT2D eigenvalue weighted by Gasteiger charge is 2.08. The Labute approximate surface area is 103 Å². The average molecular weight is 257 g/mol. The van der Waals surface area contributed by atoms with E-state index >= 15 is 0 Å². The number of rotatable bonds is 6. The maximum absolute atomic E-state index is 10.6. The van der Waals surface area contributed by atoms with Gasteiger partial charge in [-0.3, -0.25) is 4.55 Å². The van der Waals surface area contributed by atoms with Crippen molar-refractivity contribution in [3.05, 3.63) is 29.8 Å². The molecule has 4 nitrogen and oxygen atoms in total. The van der Waals surface area contributed by atoms with Crippen LogP contribution in [0.1, 0.15) is 18.9 Å². The highest BCUT2D eigenvalue weighted by atomic mass is 32.2. The fourth-order valence-corrected chi connectivity index (χ4v) is 2.23. The Morgan fingerprint density at radius 2 is 2.06 bits per heavy atom. The molecule has 0 heterocycles.